The van der Waals surface area contributed by atoms with Gasteiger partial charge in [-0.15, -0.1) is 0 Å². The van der Waals surface area contributed by atoms with Gasteiger partial charge in [-0.05, 0) is 48.0 Å². The standard InChI is InChI=1S/C20H17N5O/c21-20(26)16-7-6-15(11-14(16)12-25-10-9-22-13-25)24-19-5-1-4-18-17(19)3-2-8-23-18/h1-11,13,24H,12H2,(H2,21,26). The first-order chi connectivity index (χ1) is 12.7. The number of hydrogen-bond donors (Lipinski definition) is 2. The molecule has 4 rings (SSSR count). The van der Waals surface area contributed by atoms with E-state index in [4.69, 9.17) is 5.73 Å². The van der Waals surface area contributed by atoms with E-state index >= 15 is 0 Å². The van der Waals surface area contributed by atoms with E-state index in [1.165, 1.54) is 0 Å². The van der Waals surface area contributed by atoms with Crippen molar-refractivity contribution in [2.24, 2.45) is 5.73 Å². The third-order valence-corrected chi connectivity index (χ3v) is 4.21. The fourth-order valence-electron chi connectivity index (χ4n) is 2.99. The summed E-state index contributed by atoms with van der Waals surface area (Å²) in [5, 5.41) is 4.45. The molecule has 0 aliphatic carbocycles. The van der Waals surface area contributed by atoms with E-state index in [9.17, 15) is 4.79 Å². The molecule has 3 N–H and O–H groups in total. The number of aromatic nitrogens is 3. The molecule has 6 nitrogen and oxygen atoms in total. The maximum Gasteiger partial charge on any atom is 0.249 e. The van der Waals surface area contributed by atoms with Gasteiger partial charge in [0.2, 0.25) is 5.91 Å². The van der Waals surface area contributed by atoms with Gasteiger partial charge in [-0.2, -0.15) is 0 Å². The molecule has 0 saturated carbocycles. The Kier molecular flexibility index (Phi) is 4.07. The highest BCUT2D eigenvalue weighted by molar-refractivity contribution is 5.96. The van der Waals surface area contributed by atoms with Crippen LogP contribution in [0.4, 0.5) is 11.4 Å². The fourth-order valence-corrected chi connectivity index (χ4v) is 2.99. The Morgan fingerprint density at radius 1 is 1.12 bits per heavy atom. The number of anilines is 2. The number of carbonyl (C=O) groups is 1. The molecule has 1 amide bonds. The average Bonchev–Trinajstić information content (AvgIpc) is 3.15. The molecule has 4 aromatic rings. The van der Waals surface area contributed by atoms with Gasteiger partial charge in [0.1, 0.15) is 0 Å². The molecule has 0 spiro atoms. The lowest BCUT2D eigenvalue weighted by atomic mass is 10.1. The summed E-state index contributed by atoms with van der Waals surface area (Å²) in [5.41, 5.74) is 9.62. The zero-order chi connectivity index (χ0) is 17.9. The quantitative estimate of drug-likeness (QED) is 0.582. The van der Waals surface area contributed by atoms with E-state index in [1.54, 1.807) is 24.8 Å². The van der Waals surface area contributed by atoms with Crippen LogP contribution < -0.4 is 11.1 Å². The molecule has 128 valence electrons. The summed E-state index contributed by atoms with van der Waals surface area (Å²) in [6.45, 7) is 0.519. The normalized spacial score (nSPS) is 10.8. The minimum absolute atomic E-state index is 0.443. The predicted octanol–water partition coefficient (Wildman–Crippen LogP) is 3.32. The number of imidazole rings is 1. The van der Waals surface area contributed by atoms with Crippen LogP contribution in [0.1, 0.15) is 15.9 Å². The van der Waals surface area contributed by atoms with Crippen molar-refractivity contribution in [3.05, 3.63) is 84.6 Å². The number of hydrogen-bond acceptors (Lipinski definition) is 4. The molecule has 0 aliphatic heterocycles. The molecule has 26 heavy (non-hydrogen) atoms. The van der Waals surface area contributed by atoms with E-state index in [0.29, 0.717) is 12.1 Å². The number of nitrogens with one attached hydrogen (secondary N) is 1. The van der Waals surface area contributed by atoms with E-state index < -0.39 is 5.91 Å². The van der Waals surface area contributed by atoms with Crippen molar-refractivity contribution in [3.8, 4) is 0 Å². The van der Waals surface area contributed by atoms with Crippen molar-refractivity contribution in [1.82, 2.24) is 14.5 Å². The molecule has 6 heteroatoms. The van der Waals surface area contributed by atoms with Gasteiger partial charge in [0.15, 0.2) is 0 Å². The molecule has 0 aliphatic rings. The maximum absolute atomic E-state index is 11.8. The summed E-state index contributed by atoms with van der Waals surface area (Å²) in [5.74, 6) is -0.443. The molecular weight excluding hydrogens is 326 g/mol. The molecular formula is C20H17N5O. The summed E-state index contributed by atoms with van der Waals surface area (Å²) in [7, 11) is 0. The van der Waals surface area contributed by atoms with Crippen LogP contribution in [0.5, 0.6) is 0 Å². The first-order valence-electron chi connectivity index (χ1n) is 8.20. The van der Waals surface area contributed by atoms with Crippen LogP contribution in [-0.4, -0.2) is 20.4 Å². The lowest BCUT2D eigenvalue weighted by Gasteiger charge is -2.13. The van der Waals surface area contributed by atoms with Crippen molar-refractivity contribution < 1.29 is 4.79 Å². The number of primary amides is 1. The second-order valence-corrected chi connectivity index (χ2v) is 5.97. The second-order valence-electron chi connectivity index (χ2n) is 5.97. The van der Waals surface area contributed by atoms with Crippen molar-refractivity contribution in [3.63, 3.8) is 0 Å². The van der Waals surface area contributed by atoms with Crippen molar-refractivity contribution >= 4 is 28.2 Å². The lowest BCUT2D eigenvalue weighted by Crippen LogP contribution is -2.15. The van der Waals surface area contributed by atoms with Crippen LogP contribution in [0.25, 0.3) is 10.9 Å². The molecule has 2 heterocycles. The predicted molar refractivity (Wildman–Crippen MR) is 101 cm³/mol. The Morgan fingerprint density at radius 3 is 2.85 bits per heavy atom. The van der Waals surface area contributed by atoms with Crippen LogP contribution in [0.3, 0.4) is 0 Å². The Morgan fingerprint density at radius 2 is 2.04 bits per heavy atom. The first-order valence-corrected chi connectivity index (χ1v) is 8.20. The Hall–Kier alpha value is -3.67. The summed E-state index contributed by atoms with van der Waals surface area (Å²) in [6.07, 6.45) is 7.04. The molecule has 0 radical (unpaired) electrons. The number of amides is 1. The minimum atomic E-state index is -0.443. The van der Waals surface area contributed by atoms with Crippen LogP contribution in [0, 0.1) is 0 Å². The van der Waals surface area contributed by atoms with Crippen LogP contribution >= 0.6 is 0 Å². The van der Waals surface area contributed by atoms with Gasteiger partial charge in [-0.1, -0.05) is 6.07 Å². The van der Waals surface area contributed by atoms with Gasteiger partial charge in [-0.25, -0.2) is 4.98 Å². The highest BCUT2D eigenvalue weighted by atomic mass is 16.1. The topological polar surface area (TPSA) is 85.8 Å². The zero-order valence-corrected chi connectivity index (χ0v) is 14.0. The van der Waals surface area contributed by atoms with E-state index in [2.05, 4.69) is 15.3 Å². The van der Waals surface area contributed by atoms with E-state index in [1.807, 2.05) is 53.2 Å². The Labute approximate surface area is 150 Å². The van der Waals surface area contributed by atoms with Gasteiger partial charge < -0.3 is 15.6 Å². The first kappa shape index (κ1) is 15.8. The third-order valence-electron chi connectivity index (χ3n) is 4.21. The highest BCUT2D eigenvalue weighted by Gasteiger charge is 2.10. The zero-order valence-electron chi connectivity index (χ0n) is 14.0. The largest absolute Gasteiger partial charge is 0.366 e. The number of fused-ring (bicyclic) bond motifs is 1. The SMILES string of the molecule is NC(=O)c1ccc(Nc2cccc3ncccc23)cc1Cn1ccnc1. The number of nitrogens with zero attached hydrogens (tertiary/aromatic N) is 3. The monoisotopic (exact) mass is 343 g/mol. The molecule has 2 aromatic carbocycles. The molecule has 0 bridgehead atoms. The highest BCUT2D eigenvalue weighted by Crippen LogP contribution is 2.26. The van der Waals surface area contributed by atoms with E-state index in [-0.39, 0.29) is 0 Å². The molecule has 0 unspecified atom stereocenters. The van der Waals surface area contributed by atoms with Gasteiger partial charge in [-0.3, -0.25) is 9.78 Å². The Balaban J connectivity index is 1.71. The number of pyridine rings is 1. The van der Waals surface area contributed by atoms with Gasteiger partial charge >= 0.3 is 0 Å². The second kappa shape index (κ2) is 6.68. The molecule has 0 fully saturated rings. The van der Waals surface area contributed by atoms with Crippen LogP contribution in [0.2, 0.25) is 0 Å². The van der Waals surface area contributed by atoms with Crippen LogP contribution in [-0.2, 0) is 6.54 Å². The maximum atomic E-state index is 11.8. The average molecular weight is 343 g/mol. The molecule has 0 saturated heterocycles. The summed E-state index contributed by atoms with van der Waals surface area (Å²) < 4.78 is 1.90. The fraction of sp³-hybridized carbons (Fsp3) is 0.0500. The lowest BCUT2D eigenvalue weighted by molar-refractivity contribution is 0.0999. The van der Waals surface area contributed by atoms with Crippen molar-refractivity contribution in [1.29, 1.82) is 0 Å². The van der Waals surface area contributed by atoms with Gasteiger partial charge in [0.25, 0.3) is 0 Å². The smallest absolute Gasteiger partial charge is 0.249 e. The van der Waals surface area contributed by atoms with Crippen molar-refractivity contribution in [2.75, 3.05) is 5.32 Å². The number of benzene rings is 2. The van der Waals surface area contributed by atoms with Gasteiger partial charge in [0.05, 0.1) is 11.8 Å². The third kappa shape index (κ3) is 3.12. The number of nitrogens with two attached hydrogens (primary N) is 1. The van der Waals surface area contributed by atoms with E-state index in [0.717, 1.165) is 27.8 Å². The van der Waals surface area contributed by atoms with Crippen LogP contribution in [0.15, 0.2) is 73.4 Å². The molecule has 2 aromatic heterocycles. The van der Waals surface area contributed by atoms with Gasteiger partial charge in [0, 0.05) is 47.5 Å². The number of rotatable bonds is 5. The van der Waals surface area contributed by atoms with Crippen molar-refractivity contribution in [2.45, 2.75) is 6.54 Å². The summed E-state index contributed by atoms with van der Waals surface area (Å²) in [6, 6.07) is 15.4. The summed E-state index contributed by atoms with van der Waals surface area (Å²) >= 11 is 0. The summed E-state index contributed by atoms with van der Waals surface area (Å²) in [4.78, 5) is 20.2. The molecule has 0 atom stereocenters. The minimum Gasteiger partial charge on any atom is -0.366 e. The number of carbonyl (C=O) groups excluding carboxylic acids is 1. The Bertz CT molecular complexity index is 1070.